The van der Waals surface area contributed by atoms with Crippen LogP contribution in [0.5, 0.6) is 0 Å². The summed E-state index contributed by atoms with van der Waals surface area (Å²) in [5.74, 6) is 0.630. The SMILES string of the molecule is C=C/C(=C\C=C\F)OC1CCNCC1. The number of rotatable bonds is 4. The summed E-state index contributed by atoms with van der Waals surface area (Å²) in [4.78, 5) is 0. The van der Waals surface area contributed by atoms with Gasteiger partial charge >= 0.3 is 0 Å². The van der Waals surface area contributed by atoms with Gasteiger partial charge in [-0.05, 0) is 44.2 Å². The largest absolute Gasteiger partial charge is 0.490 e. The highest BCUT2D eigenvalue weighted by atomic mass is 19.1. The summed E-state index contributed by atoms with van der Waals surface area (Å²) in [6, 6.07) is 0. The molecule has 1 N–H and O–H groups in total. The van der Waals surface area contributed by atoms with E-state index in [1.165, 1.54) is 6.08 Å². The molecule has 0 bridgehead atoms. The Morgan fingerprint density at radius 1 is 1.43 bits per heavy atom. The fourth-order valence-electron chi connectivity index (χ4n) is 1.39. The summed E-state index contributed by atoms with van der Waals surface area (Å²) >= 11 is 0. The van der Waals surface area contributed by atoms with Gasteiger partial charge in [0.05, 0.1) is 6.33 Å². The van der Waals surface area contributed by atoms with Crippen LogP contribution in [0.25, 0.3) is 0 Å². The molecule has 1 aliphatic rings. The molecule has 1 fully saturated rings. The van der Waals surface area contributed by atoms with Gasteiger partial charge in [0.1, 0.15) is 11.9 Å². The van der Waals surface area contributed by atoms with Crippen LogP contribution >= 0.6 is 0 Å². The van der Waals surface area contributed by atoms with Crippen LogP contribution in [0.15, 0.2) is 36.9 Å². The van der Waals surface area contributed by atoms with E-state index < -0.39 is 0 Å². The second kappa shape index (κ2) is 6.38. The molecule has 0 unspecified atom stereocenters. The summed E-state index contributed by atoms with van der Waals surface area (Å²) in [6.45, 7) is 5.57. The molecule has 0 saturated carbocycles. The minimum Gasteiger partial charge on any atom is -0.490 e. The molecule has 2 nitrogen and oxygen atoms in total. The lowest BCUT2D eigenvalue weighted by Crippen LogP contribution is -2.32. The van der Waals surface area contributed by atoms with Gasteiger partial charge in [0.25, 0.3) is 0 Å². The third-order valence-electron chi connectivity index (χ3n) is 2.12. The fraction of sp³-hybridized carbons (Fsp3) is 0.455. The minimum absolute atomic E-state index is 0.230. The van der Waals surface area contributed by atoms with Gasteiger partial charge in [-0.15, -0.1) is 0 Å². The molecular weight excluding hydrogens is 181 g/mol. The topological polar surface area (TPSA) is 21.3 Å². The second-order valence-corrected chi connectivity index (χ2v) is 3.16. The quantitative estimate of drug-likeness (QED) is 0.551. The van der Waals surface area contributed by atoms with Gasteiger partial charge in [-0.1, -0.05) is 6.58 Å². The number of hydrogen-bond acceptors (Lipinski definition) is 2. The number of allylic oxidation sites excluding steroid dienone is 3. The number of nitrogens with one attached hydrogen (secondary N) is 1. The molecule has 1 rings (SSSR count). The van der Waals surface area contributed by atoms with Crippen LogP contribution in [0.4, 0.5) is 4.39 Å². The zero-order valence-corrected chi connectivity index (χ0v) is 8.21. The molecule has 0 aromatic carbocycles. The lowest BCUT2D eigenvalue weighted by molar-refractivity contribution is 0.0961. The summed E-state index contributed by atoms with van der Waals surface area (Å²) in [5.41, 5.74) is 0. The van der Waals surface area contributed by atoms with E-state index in [4.69, 9.17) is 4.74 Å². The smallest absolute Gasteiger partial charge is 0.119 e. The highest BCUT2D eigenvalue weighted by molar-refractivity contribution is 5.15. The van der Waals surface area contributed by atoms with Crippen molar-refractivity contribution in [3.05, 3.63) is 36.9 Å². The number of hydrogen-bond donors (Lipinski definition) is 1. The maximum Gasteiger partial charge on any atom is 0.119 e. The van der Waals surface area contributed by atoms with Crippen LogP contribution in [0.3, 0.4) is 0 Å². The van der Waals surface area contributed by atoms with Gasteiger partial charge < -0.3 is 10.1 Å². The van der Waals surface area contributed by atoms with Crippen LogP contribution in [0, 0.1) is 0 Å². The van der Waals surface area contributed by atoms with E-state index in [-0.39, 0.29) is 6.10 Å². The Balaban J connectivity index is 2.42. The van der Waals surface area contributed by atoms with Gasteiger partial charge in [-0.3, -0.25) is 0 Å². The van der Waals surface area contributed by atoms with Crippen molar-refractivity contribution in [1.29, 1.82) is 0 Å². The molecule has 0 spiro atoms. The average molecular weight is 197 g/mol. The molecular formula is C11H16FNO. The lowest BCUT2D eigenvalue weighted by atomic mass is 10.1. The zero-order valence-electron chi connectivity index (χ0n) is 8.21. The van der Waals surface area contributed by atoms with Crippen LogP contribution < -0.4 is 5.32 Å². The molecule has 1 heterocycles. The monoisotopic (exact) mass is 197 g/mol. The molecule has 0 amide bonds. The van der Waals surface area contributed by atoms with Crippen LogP contribution in [-0.4, -0.2) is 19.2 Å². The van der Waals surface area contributed by atoms with Crippen molar-refractivity contribution in [3.8, 4) is 0 Å². The van der Waals surface area contributed by atoms with Gasteiger partial charge in [-0.2, -0.15) is 0 Å². The molecule has 78 valence electrons. The average Bonchev–Trinajstić information content (AvgIpc) is 2.25. The standard InChI is InChI=1S/C11H16FNO/c1-2-10(4-3-7-12)14-11-5-8-13-9-6-11/h2-4,7,11,13H,1,5-6,8-9H2/b7-3+,10-4+. The Morgan fingerprint density at radius 2 is 2.14 bits per heavy atom. The van der Waals surface area contributed by atoms with Gasteiger partial charge in [-0.25, -0.2) is 4.39 Å². The number of halogens is 1. The van der Waals surface area contributed by atoms with Crippen molar-refractivity contribution in [2.45, 2.75) is 18.9 Å². The van der Waals surface area contributed by atoms with Crippen LogP contribution in [-0.2, 0) is 4.74 Å². The summed E-state index contributed by atoms with van der Waals surface area (Å²) in [5, 5.41) is 3.25. The second-order valence-electron chi connectivity index (χ2n) is 3.16. The van der Waals surface area contributed by atoms with Gasteiger partial charge in [0.2, 0.25) is 0 Å². The van der Waals surface area contributed by atoms with E-state index in [1.54, 1.807) is 12.2 Å². The minimum atomic E-state index is 0.230. The van der Waals surface area contributed by atoms with E-state index in [0.717, 1.165) is 25.9 Å². The Bertz CT molecular complexity index is 229. The maximum atomic E-state index is 11.7. The lowest BCUT2D eigenvalue weighted by Gasteiger charge is -2.24. The predicted octanol–water partition coefficient (Wildman–Crippen LogP) is 2.31. The summed E-state index contributed by atoms with van der Waals surface area (Å²) in [7, 11) is 0. The molecule has 0 radical (unpaired) electrons. The van der Waals surface area contributed by atoms with Gasteiger partial charge in [0, 0.05) is 0 Å². The van der Waals surface area contributed by atoms with Gasteiger partial charge in [0.15, 0.2) is 0 Å². The summed E-state index contributed by atoms with van der Waals surface area (Å²) < 4.78 is 17.4. The Morgan fingerprint density at radius 3 is 2.71 bits per heavy atom. The van der Waals surface area contributed by atoms with Crippen LogP contribution in [0.2, 0.25) is 0 Å². The fourth-order valence-corrected chi connectivity index (χ4v) is 1.39. The molecule has 3 heteroatoms. The first-order chi connectivity index (χ1) is 6.86. The molecule has 1 saturated heterocycles. The Hall–Kier alpha value is -1.09. The van der Waals surface area contributed by atoms with Crippen molar-refractivity contribution in [3.63, 3.8) is 0 Å². The van der Waals surface area contributed by atoms with E-state index in [1.807, 2.05) is 0 Å². The third-order valence-corrected chi connectivity index (χ3v) is 2.12. The van der Waals surface area contributed by atoms with Crippen LogP contribution in [0.1, 0.15) is 12.8 Å². The molecule has 0 aromatic heterocycles. The highest BCUT2D eigenvalue weighted by Gasteiger charge is 2.13. The normalized spacial score (nSPS) is 19.9. The van der Waals surface area contributed by atoms with E-state index >= 15 is 0 Å². The van der Waals surface area contributed by atoms with Crippen molar-refractivity contribution >= 4 is 0 Å². The molecule has 1 aliphatic heterocycles. The number of ether oxygens (including phenoxy) is 1. The molecule has 0 aromatic rings. The molecule has 0 aliphatic carbocycles. The molecule has 14 heavy (non-hydrogen) atoms. The zero-order chi connectivity index (χ0) is 10.2. The highest BCUT2D eigenvalue weighted by Crippen LogP contribution is 2.12. The first-order valence-electron chi connectivity index (χ1n) is 4.83. The first kappa shape index (κ1) is 11.0. The van der Waals surface area contributed by atoms with E-state index in [0.29, 0.717) is 12.1 Å². The Kier molecular flexibility index (Phi) is 5.00. The molecule has 0 atom stereocenters. The van der Waals surface area contributed by atoms with Crippen molar-refractivity contribution in [1.82, 2.24) is 5.32 Å². The van der Waals surface area contributed by atoms with Crippen molar-refractivity contribution < 1.29 is 9.13 Å². The van der Waals surface area contributed by atoms with E-state index in [9.17, 15) is 4.39 Å². The third kappa shape index (κ3) is 3.75. The number of piperidine rings is 1. The Labute approximate surface area is 84.1 Å². The first-order valence-corrected chi connectivity index (χ1v) is 4.83. The maximum absolute atomic E-state index is 11.7. The van der Waals surface area contributed by atoms with E-state index in [2.05, 4.69) is 11.9 Å². The predicted molar refractivity (Wildman–Crippen MR) is 55.5 cm³/mol. The summed E-state index contributed by atoms with van der Waals surface area (Å²) in [6.07, 6.45) is 7.17. The van der Waals surface area contributed by atoms with Crippen molar-refractivity contribution in [2.24, 2.45) is 0 Å². The van der Waals surface area contributed by atoms with Crippen molar-refractivity contribution in [2.75, 3.05) is 13.1 Å².